The van der Waals surface area contributed by atoms with Crippen LogP contribution in [-0.4, -0.2) is 29.2 Å². The zero-order valence-corrected chi connectivity index (χ0v) is 8.99. The summed E-state index contributed by atoms with van der Waals surface area (Å²) in [6.07, 6.45) is -2.25. The van der Waals surface area contributed by atoms with Crippen LogP contribution in [0.1, 0.15) is 40.0 Å². The largest absolute Gasteiger partial charge is 0.404 e. The predicted molar refractivity (Wildman–Crippen MR) is 50.2 cm³/mol. The fourth-order valence-corrected chi connectivity index (χ4v) is 2.07. The van der Waals surface area contributed by atoms with Crippen LogP contribution in [-0.2, 0) is 0 Å². The fourth-order valence-electron chi connectivity index (χ4n) is 2.07. The highest BCUT2D eigenvalue weighted by atomic mass is 19.4. The van der Waals surface area contributed by atoms with E-state index in [1.165, 1.54) is 0 Å². The topological polar surface area (TPSA) is 3.24 Å². The van der Waals surface area contributed by atoms with Crippen molar-refractivity contribution in [2.75, 3.05) is 6.54 Å². The monoisotopic (exact) mass is 209 g/mol. The summed E-state index contributed by atoms with van der Waals surface area (Å²) in [6, 6.07) is -1.24. The van der Waals surface area contributed by atoms with Crippen molar-refractivity contribution in [1.29, 1.82) is 0 Å². The number of rotatable bonds is 0. The second-order valence-electron chi connectivity index (χ2n) is 4.92. The highest BCUT2D eigenvalue weighted by molar-refractivity contribution is 4.89. The first-order chi connectivity index (χ1) is 6.23. The van der Waals surface area contributed by atoms with Gasteiger partial charge in [-0.05, 0) is 40.2 Å². The smallest absolute Gasteiger partial charge is 0.287 e. The Kier molecular flexibility index (Phi) is 3.14. The van der Waals surface area contributed by atoms with Crippen molar-refractivity contribution in [2.45, 2.75) is 57.8 Å². The summed E-state index contributed by atoms with van der Waals surface area (Å²) < 4.78 is 38.0. The molecule has 1 rings (SSSR count). The standard InChI is InChI=1S/C10H18F3N/c1-9(2,3)14-7-5-4-6-8(14)10(11,12)13/h8H,4-7H2,1-3H3. The lowest BCUT2D eigenvalue weighted by molar-refractivity contribution is -0.203. The normalized spacial score (nSPS) is 26.6. The molecule has 1 fully saturated rings. The quantitative estimate of drug-likeness (QED) is 0.592. The summed E-state index contributed by atoms with van der Waals surface area (Å²) >= 11 is 0. The third kappa shape index (κ3) is 2.62. The number of piperidine rings is 1. The van der Waals surface area contributed by atoms with Gasteiger partial charge in [-0.2, -0.15) is 13.2 Å². The highest BCUT2D eigenvalue weighted by Gasteiger charge is 2.47. The number of halogens is 3. The molecule has 1 heterocycles. The van der Waals surface area contributed by atoms with Crippen LogP contribution in [0.5, 0.6) is 0 Å². The molecule has 0 aliphatic carbocycles. The molecule has 84 valence electrons. The van der Waals surface area contributed by atoms with Gasteiger partial charge in [-0.15, -0.1) is 0 Å². The van der Waals surface area contributed by atoms with Gasteiger partial charge in [-0.25, -0.2) is 0 Å². The van der Waals surface area contributed by atoms with Gasteiger partial charge in [0.05, 0.1) is 0 Å². The summed E-state index contributed by atoms with van der Waals surface area (Å²) in [5, 5.41) is 0. The predicted octanol–water partition coefficient (Wildman–Crippen LogP) is 3.20. The molecule has 0 amide bonds. The van der Waals surface area contributed by atoms with E-state index in [9.17, 15) is 13.2 Å². The summed E-state index contributed by atoms with van der Waals surface area (Å²) in [5.41, 5.74) is -0.388. The van der Waals surface area contributed by atoms with Crippen LogP contribution >= 0.6 is 0 Å². The van der Waals surface area contributed by atoms with E-state index in [0.29, 0.717) is 13.0 Å². The van der Waals surface area contributed by atoms with Gasteiger partial charge in [0, 0.05) is 5.54 Å². The second-order valence-corrected chi connectivity index (χ2v) is 4.92. The van der Waals surface area contributed by atoms with Gasteiger partial charge in [-0.1, -0.05) is 6.42 Å². The Hall–Kier alpha value is -0.250. The van der Waals surface area contributed by atoms with Crippen molar-refractivity contribution < 1.29 is 13.2 Å². The van der Waals surface area contributed by atoms with Crippen LogP contribution in [0.15, 0.2) is 0 Å². The van der Waals surface area contributed by atoms with Crippen molar-refractivity contribution in [2.24, 2.45) is 0 Å². The van der Waals surface area contributed by atoms with E-state index in [2.05, 4.69) is 0 Å². The summed E-state index contributed by atoms with van der Waals surface area (Å²) in [6.45, 7) is 6.10. The molecule has 1 aliphatic heterocycles. The Morgan fingerprint density at radius 3 is 2.00 bits per heavy atom. The van der Waals surface area contributed by atoms with Crippen molar-refractivity contribution in [3.05, 3.63) is 0 Å². The van der Waals surface area contributed by atoms with Gasteiger partial charge in [0.25, 0.3) is 0 Å². The zero-order valence-electron chi connectivity index (χ0n) is 8.99. The van der Waals surface area contributed by atoms with Crippen LogP contribution in [0.25, 0.3) is 0 Å². The highest BCUT2D eigenvalue weighted by Crippen LogP contribution is 2.35. The molecule has 0 N–H and O–H groups in total. The van der Waals surface area contributed by atoms with Gasteiger partial charge >= 0.3 is 6.18 Å². The lowest BCUT2D eigenvalue weighted by atomic mass is 9.94. The number of nitrogens with zero attached hydrogens (tertiary/aromatic N) is 1. The maximum absolute atomic E-state index is 12.7. The SMILES string of the molecule is CC(C)(C)N1CCCCC1C(F)(F)F. The molecular weight excluding hydrogens is 191 g/mol. The van der Waals surface area contributed by atoms with Gasteiger partial charge < -0.3 is 0 Å². The number of likely N-dealkylation sites (tertiary alicyclic amines) is 1. The lowest BCUT2D eigenvalue weighted by Crippen LogP contribution is -2.56. The minimum atomic E-state index is -4.08. The molecule has 0 aromatic rings. The Bertz CT molecular complexity index is 171. The number of hydrogen-bond donors (Lipinski definition) is 0. The number of hydrogen-bond acceptors (Lipinski definition) is 1. The molecule has 0 radical (unpaired) electrons. The zero-order chi connectivity index (χ0) is 11.0. The Labute approximate surface area is 83.3 Å². The minimum absolute atomic E-state index is 0.251. The number of alkyl halides is 3. The average Bonchev–Trinajstić information content (AvgIpc) is 2.01. The van der Waals surface area contributed by atoms with Gasteiger partial charge in [0.15, 0.2) is 0 Å². The molecule has 0 saturated carbocycles. The van der Waals surface area contributed by atoms with E-state index in [-0.39, 0.29) is 12.0 Å². The summed E-state index contributed by atoms with van der Waals surface area (Å²) in [4.78, 5) is 1.58. The first-order valence-electron chi connectivity index (χ1n) is 5.06. The Morgan fingerprint density at radius 2 is 1.64 bits per heavy atom. The molecule has 1 aliphatic rings. The molecular formula is C10H18F3N. The van der Waals surface area contributed by atoms with Crippen molar-refractivity contribution in [3.63, 3.8) is 0 Å². The van der Waals surface area contributed by atoms with Crippen molar-refractivity contribution in [1.82, 2.24) is 4.90 Å². The van der Waals surface area contributed by atoms with Crippen LogP contribution in [0.3, 0.4) is 0 Å². The van der Waals surface area contributed by atoms with Gasteiger partial charge in [-0.3, -0.25) is 4.90 Å². The van der Waals surface area contributed by atoms with Crippen LogP contribution < -0.4 is 0 Å². The van der Waals surface area contributed by atoms with Crippen LogP contribution in [0.2, 0.25) is 0 Å². The first kappa shape index (κ1) is 11.8. The molecule has 14 heavy (non-hydrogen) atoms. The second kappa shape index (κ2) is 3.72. The average molecular weight is 209 g/mol. The molecule has 0 bridgehead atoms. The van der Waals surface area contributed by atoms with E-state index in [1.54, 1.807) is 4.90 Å². The van der Waals surface area contributed by atoms with E-state index < -0.39 is 12.2 Å². The Balaban J connectivity index is 2.80. The van der Waals surface area contributed by atoms with Crippen molar-refractivity contribution in [3.8, 4) is 0 Å². The molecule has 1 atom stereocenters. The van der Waals surface area contributed by atoms with Crippen LogP contribution in [0.4, 0.5) is 13.2 Å². The van der Waals surface area contributed by atoms with Gasteiger partial charge in [0.2, 0.25) is 0 Å². The van der Waals surface area contributed by atoms with E-state index in [1.807, 2.05) is 20.8 Å². The van der Waals surface area contributed by atoms with E-state index >= 15 is 0 Å². The minimum Gasteiger partial charge on any atom is -0.287 e. The molecule has 4 heteroatoms. The molecule has 1 saturated heterocycles. The molecule has 0 spiro atoms. The molecule has 0 aromatic carbocycles. The summed E-state index contributed by atoms with van der Waals surface area (Å²) in [5.74, 6) is 0. The van der Waals surface area contributed by atoms with Crippen molar-refractivity contribution >= 4 is 0 Å². The maximum Gasteiger partial charge on any atom is 0.404 e. The van der Waals surface area contributed by atoms with Gasteiger partial charge in [0.1, 0.15) is 6.04 Å². The third-order valence-corrected chi connectivity index (χ3v) is 2.74. The van der Waals surface area contributed by atoms with E-state index in [0.717, 1.165) is 6.42 Å². The molecule has 0 aromatic heterocycles. The molecule has 1 nitrogen and oxygen atoms in total. The lowest BCUT2D eigenvalue weighted by Gasteiger charge is -2.45. The third-order valence-electron chi connectivity index (χ3n) is 2.74. The maximum atomic E-state index is 12.7. The molecule has 1 unspecified atom stereocenters. The fraction of sp³-hybridized carbons (Fsp3) is 1.00. The summed E-state index contributed by atoms with van der Waals surface area (Å²) in [7, 11) is 0. The van der Waals surface area contributed by atoms with E-state index in [4.69, 9.17) is 0 Å². The van der Waals surface area contributed by atoms with Crippen LogP contribution in [0, 0.1) is 0 Å². The Morgan fingerprint density at radius 1 is 1.07 bits per heavy atom. The first-order valence-corrected chi connectivity index (χ1v) is 5.06.